The number of hydrogen-bond acceptors (Lipinski definition) is 6. The van der Waals surface area contributed by atoms with Crippen LogP contribution in [-0.4, -0.2) is 53.6 Å². The fourth-order valence-electron chi connectivity index (χ4n) is 2.95. The normalized spacial score (nSPS) is 20.0. The number of aliphatic hydroxyl groups is 1. The zero-order valence-electron chi connectivity index (χ0n) is 14.1. The predicted octanol–water partition coefficient (Wildman–Crippen LogP) is 1.56. The van der Waals surface area contributed by atoms with Crippen LogP contribution >= 0.6 is 0 Å². The van der Waals surface area contributed by atoms with Crippen LogP contribution < -0.4 is 15.0 Å². The average molecular weight is 346 g/mol. The summed E-state index contributed by atoms with van der Waals surface area (Å²) in [5.41, 5.74) is 0.307. The molecule has 7 heteroatoms. The van der Waals surface area contributed by atoms with E-state index >= 15 is 0 Å². The smallest absolute Gasteiger partial charge is 0.147 e. The Balaban J connectivity index is 1.45. The number of rotatable bonds is 8. The highest BCUT2D eigenvalue weighted by atomic mass is 19.1. The lowest BCUT2D eigenvalue weighted by molar-refractivity contribution is 0.0626. The van der Waals surface area contributed by atoms with Gasteiger partial charge in [0, 0.05) is 38.6 Å². The van der Waals surface area contributed by atoms with E-state index in [1.165, 1.54) is 0 Å². The van der Waals surface area contributed by atoms with Crippen LogP contribution in [0, 0.1) is 0 Å². The highest BCUT2D eigenvalue weighted by Gasteiger charge is 2.36. The summed E-state index contributed by atoms with van der Waals surface area (Å²) >= 11 is 0. The molecule has 134 valence electrons. The molecule has 3 rings (SSSR count). The molecule has 25 heavy (non-hydrogen) atoms. The number of aromatic nitrogens is 2. The SMILES string of the molecule is O[C@@]1(CNCc2ccc(OCCF)cc2)CCN(c2cnccn2)C1. The zero-order valence-corrected chi connectivity index (χ0v) is 14.1. The molecule has 2 heterocycles. The standard InChI is InChI=1S/C18H23FN4O2/c19-6-10-25-16-3-1-15(2-4-16)11-21-13-18(24)5-9-23(14-18)17-12-20-7-8-22-17/h1-4,7-8,12,21,24H,5-6,9-11,13-14H2/t18-/m1/s1. The monoisotopic (exact) mass is 346 g/mol. The van der Waals surface area contributed by atoms with Gasteiger partial charge in [0.1, 0.15) is 24.8 Å². The Kier molecular flexibility index (Phi) is 5.78. The van der Waals surface area contributed by atoms with Crippen LogP contribution in [0.15, 0.2) is 42.9 Å². The molecule has 0 aliphatic carbocycles. The number of β-amino-alcohol motifs (C(OH)–C–C–N with tert-alkyl or cyclic N) is 1. The third kappa shape index (κ3) is 4.87. The number of alkyl halides is 1. The number of ether oxygens (including phenoxy) is 1. The summed E-state index contributed by atoms with van der Waals surface area (Å²) in [7, 11) is 0. The minimum absolute atomic E-state index is 0.0763. The highest BCUT2D eigenvalue weighted by molar-refractivity contribution is 5.38. The number of nitrogens with one attached hydrogen (secondary N) is 1. The molecular formula is C18H23FN4O2. The summed E-state index contributed by atoms with van der Waals surface area (Å²) in [6.07, 6.45) is 5.70. The molecule has 0 radical (unpaired) electrons. The predicted molar refractivity (Wildman–Crippen MR) is 93.4 cm³/mol. The molecular weight excluding hydrogens is 323 g/mol. The van der Waals surface area contributed by atoms with Gasteiger partial charge in [0.15, 0.2) is 0 Å². The van der Waals surface area contributed by atoms with Crippen molar-refractivity contribution in [3.63, 3.8) is 0 Å². The van der Waals surface area contributed by atoms with Gasteiger partial charge in [-0.25, -0.2) is 9.37 Å². The molecule has 2 aromatic rings. The van der Waals surface area contributed by atoms with Gasteiger partial charge in [0.05, 0.1) is 11.8 Å². The molecule has 1 saturated heterocycles. The number of halogens is 1. The molecule has 1 aromatic heterocycles. The van der Waals surface area contributed by atoms with E-state index in [0.29, 0.717) is 31.8 Å². The third-order valence-corrected chi connectivity index (χ3v) is 4.26. The minimum atomic E-state index is -0.776. The maximum Gasteiger partial charge on any atom is 0.147 e. The molecule has 1 aliphatic rings. The lowest BCUT2D eigenvalue weighted by Crippen LogP contribution is -2.43. The van der Waals surface area contributed by atoms with Crippen LogP contribution in [0.5, 0.6) is 5.75 Å². The fourth-order valence-corrected chi connectivity index (χ4v) is 2.95. The lowest BCUT2D eigenvalue weighted by atomic mass is 10.0. The Labute approximate surface area is 146 Å². The average Bonchev–Trinajstić information content (AvgIpc) is 3.04. The first-order valence-electron chi connectivity index (χ1n) is 8.40. The molecule has 0 unspecified atom stereocenters. The van der Waals surface area contributed by atoms with Gasteiger partial charge in [-0.15, -0.1) is 0 Å². The van der Waals surface area contributed by atoms with Gasteiger partial charge in [-0.05, 0) is 24.1 Å². The second kappa shape index (κ2) is 8.22. The van der Waals surface area contributed by atoms with Gasteiger partial charge in [0.25, 0.3) is 0 Å². The van der Waals surface area contributed by atoms with E-state index in [0.717, 1.165) is 17.9 Å². The summed E-state index contributed by atoms with van der Waals surface area (Å²) in [5, 5.41) is 14.0. The van der Waals surface area contributed by atoms with Crippen LogP contribution in [0.25, 0.3) is 0 Å². The molecule has 0 amide bonds. The van der Waals surface area contributed by atoms with Crippen molar-refractivity contribution in [1.82, 2.24) is 15.3 Å². The molecule has 0 saturated carbocycles. The number of benzene rings is 1. The van der Waals surface area contributed by atoms with E-state index in [9.17, 15) is 9.50 Å². The summed E-state index contributed by atoms with van der Waals surface area (Å²) in [5.74, 6) is 1.46. The van der Waals surface area contributed by atoms with E-state index in [1.54, 1.807) is 18.6 Å². The van der Waals surface area contributed by atoms with Crippen LogP contribution in [0.4, 0.5) is 10.2 Å². The summed E-state index contributed by atoms with van der Waals surface area (Å²) in [6.45, 7) is 2.04. The minimum Gasteiger partial charge on any atom is -0.491 e. The van der Waals surface area contributed by atoms with Gasteiger partial charge in [-0.1, -0.05) is 12.1 Å². The topological polar surface area (TPSA) is 70.5 Å². The number of nitrogens with zero attached hydrogens (tertiary/aromatic N) is 3. The molecule has 0 spiro atoms. The van der Waals surface area contributed by atoms with Gasteiger partial charge < -0.3 is 20.1 Å². The quantitative estimate of drug-likeness (QED) is 0.756. The molecule has 0 bridgehead atoms. The van der Waals surface area contributed by atoms with Gasteiger partial charge in [-0.3, -0.25) is 4.98 Å². The molecule has 1 atom stereocenters. The summed E-state index contributed by atoms with van der Waals surface area (Å²) < 4.78 is 17.3. The number of hydrogen-bond donors (Lipinski definition) is 2. The Morgan fingerprint density at radius 1 is 1.28 bits per heavy atom. The van der Waals surface area contributed by atoms with Crippen LogP contribution in [0.2, 0.25) is 0 Å². The van der Waals surface area contributed by atoms with E-state index in [2.05, 4.69) is 15.3 Å². The van der Waals surface area contributed by atoms with Crippen molar-refractivity contribution in [3.05, 3.63) is 48.4 Å². The first-order chi connectivity index (χ1) is 12.2. The van der Waals surface area contributed by atoms with E-state index in [1.807, 2.05) is 29.2 Å². The van der Waals surface area contributed by atoms with Crippen molar-refractivity contribution in [2.24, 2.45) is 0 Å². The van der Waals surface area contributed by atoms with Crippen molar-refractivity contribution in [2.45, 2.75) is 18.6 Å². The van der Waals surface area contributed by atoms with Crippen LogP contribution in [-0.2, 0) is 6.54 Å². The maximum atomic E-state index is 12.1. The Hall–Kier alpha value is -2.25. The first-order valence-corrected chi connectivity index (χ1v) is 8.40. The van der Waals surface area contributed by atoms with Crippen LogP contribution in [0.3, 0.4) is 0 Å². The largest absolute Gasteiger partial charge is 0.491 e. The van der Waals surface area contributed by atoms with Crippen molar-refractivity contribution >= 4 is 5.82 Å². The van der Waals surface area contributed by atoms with Crippen molar-refractivity contribution in [1.29, 1.82) is 0 Å². The Bertz CT molecular complexity index is 656. The van der Waals surface area contributed by atoms with Crippen molar-refractivity contribution < 1.29 is 14.2 Å². The molecule has 1 aliphatic heterocycles. The molecule has 1 aromatic carbocycles. The summed E-state index contributed by atoms with van der Waals surface area (Å²) in [4.78, 5) is 10.4. The van der Waals surface area contributed by atoms with E-state index in [4.69, 9.17) is 4.74 Å². The van der Waals surface area contributed by atoms with Gasteiger partial charge >= 0.3 is 0 Å². The summed E-state index contributed by atoms with van der Waals surface area (Å²) in [6, 6.07) is 7.52. The van der Waals surface area contributed by atoms with Gasteiger partial charge in [-0.2, -0.15) is 0 Å². The maximum absolute atomic E-state index is 12.1. The third-order valence-electron chi connectivity index (χ3n) is 4.26. The van der Waals surface area contributed by atoms with Gasteiger partial charge in [0.2, 0.25) is 0 Å². The molecule has 6 nitrogen and oxygen atoms in total. The van der Waals surface area contributed by atoms with Crippen molar-refractivity contribution in [2.75, 3.05) is 37.8 Å². The van der Waals surface area contributed by atoms with Crippen LogP contribution in [0.1, 0.15) is 12.0 Å². The fraction of sp³-hybridized carbons (Fsp3) is 0.444. The highest BCUT2D eigenvalue weighted by Crippen LogP contribution is 2.24. The second-order valence-electron chi connectivity index (χ2n) is 6.24. The van der Waals surface area contributed by atoms with E-state index < -0.39 is 12.3 Å². The number of anilines is 1. The Morgan fingerprint density at radius 3 is 2.84 bits per heavy atom. The second-order valence-corrected chi connectivity index (χ2v) is 6.24. The lowest BCUT2D eigenvalue weighted by Gasteiger charge is -2.24. The zero-order chi connectivity index (χ0) is 17.5. The first kappa shape index (κ1) is 17.6. The molecule has 2 N–H and O–H groups in total. The Morgan fingerprint density at radius 2 is 2.12 bits per heavy atom. The van der Waals surface area contributed by atoms with E-state index in [-0.39, 0.29) is 6.61 Å². The van der Waals surface area contributed by atoms with Crippen molar-refractivity contribution in [3.8, 4) is 5.75 Å². The molecule has 1 fully saturated rings.